The van der Waals surface area contributed by atoms with Gasteiger partial charge in [-0.1, -0.05) is 18.7 Å². The summed E-state index contributed by atoms with van der Waals surface area (Å²) in [6.45, 7) is 4.83. The number of ether oxygens (including phenoxy) is 1. The molecule has 16 heavy (non-hydrogen) atoms. The van der Waals surface area contributed by atoms with Crippen molar-refractivity contribution >= 4 is 23.3 Å². The van der Waals surface area contributed by atoms with Crippen LogP contribution in [0.25, 0.3) is 0 Å². The summed E-state index contributed by atoms with van der Waals surface area (Å²) >= 11 is 3.30. The van der Waals surface area contributed by atoms with Gasteiger partial charge >= 0.3 is 0 Å². The van der Waals surface area contributed by atoms with Crippen molar-refractivity contribution in [1.29, 1.82) is 0 Å². The fourth-order valence-electron chi connectivity index (χ4n) is 1.10. The second-order valence-electron chi connectivity index (χ2n) is 3.27. The molecular formula is C10H19N3OS2. The lowest BCUT2D eigenvalue weighted by Gasteiger charge is -2.02. The largest absolute Gasteiger partial charge is 0.383 e. The van der Waals surface area contributed by atoms with Gasteiger partial charge in [-0.05, 0) is 24.5 Å². The summed E-state index contributed by atoms with van der Waals surface area (Å²) in [4.78, 5) is 4.41. The van der Waals surface area contributed by atoms with Crippen LogP contribution >= 0.6 is 23.3 Å². The molecule has 0 bridgehead atoms. The van der Waals surface area contributed by atoms with E-state index >= 15 is 0 Å². The number of thioether (sulfide) groups is 1. The Bertz CT molecular complexity index is 281. The van der Waals surface area contributed by atoms with Gasteiger partial charge in [-0.2, -0.15) is 4.37 Å². The summed E-state index contributed by atoms with van der Waals surface area (Å²) in [6.07, 6.45) is 2.07. The van der Waals surface area contributed by atoms with Gasteiger partial charge in [0.25, 0.3) is 0 Å². The summed E-state index contributed by atoms with van der Waals surface area (Å²) in [5, 5.41) is 3.32. The third-order valence-electron chi connectivity index (χ3n) is 1.97. The van der Waals surface area contributed by atoms with Crippen molar-refractivity contribution in [1.82, 2.24) is 14.7 Å². The first kappa shape index (κ1) is 13.9. The third kappa shape index (κ3) is 5.79. The molecule has 0 saturated heterocycles. The van der Waals surface area contributed by atoms with Gasteiger partial charge in [0.2, 0.25) is 0 Å². The predicted molar refractivity (Wildman–Crippen MR) is 69.4 cm³/mol. The first-order valence-corrected chi connectivity index (χ1v) is 7.27. The van der Waals surface area contributed by atoms with E-state index in [9.17, 15) is 0 Å². The van der Waals surface area contributed by atoms with Crippen LogP contribution in [0.5, 0.6) is 0 Å². The van der Waals surface area contributed by atoms with E-state index in [1.54, 1.807) is 18.9 Å². The van der Waals surface area contributed by atoms with E-state index in [4.69, 9.17) is 4.74 Å². The third-order valence-corrected chi connectivity index (χ3v) is 3.93. The molecule has 1 rings (SSSR count). The average Bonchev–Trinajstić information content (AvgIpc) is 2.76. The maximum absolute atomic E-state index is 4.95. The zero-order valence-electron chi connectivity index (χ0n) is 9.86. The summed E-state index contributed by atoms with van der Waals surface area (Å²) in [5.74, 6) is 2.06. The van der Waals surface area contributed by atoms with Crippen LogP contribution in [-0.2, 0) is 11.2 Å². The Balaban J connectivity index is 1.98. The van der Waals surface area contributed by atoms with Crippen LogP contribution in [-0.4, -0.2) is 41.9 Å². The molecule has 1 aromatic rings. The summed E-state index contributed by atoms with van der Waals surface area (Å²) < 4.78 is 10.3. The minimum Gasteiger partial charge on any atom is -0.383 e. The Morgan fingerprint density at radius 1 is 1.44 bits per heavy atom. The van der Waals surface area contributed by atoms with E-state index in [2.05, 4.69) is 21.6 Å². The van der Waals surface area contributed by atoms with E-state index in [1.165, 1.54) is 11.5 Å². The minimum atomic E-state index is 0.781. The topological polar surface area (TPSA) is 47.0 Å². The molecule has 92 valence electrons. The van der Waals surface area contributed by atoms with Crippen molar-refractivity contribution in [2.24, 2.45) is 0 Å². The molecule has 4 nitrogen and oxygen atoms in total. The minimum absolute atomic E-state index is 0.781. The smallest absolute Gasteiger partial charge is 0.170 e. The standard InChI is InChI=1S/C10H19N3OS2/c1-3-9-12-10(16-13-9)15-8-4-5-11-6-7-14-2/h11H,3-8H2,1-2H3. The van der Waals surface area contributed by atoms with Gasteiger partial charge in [0, 0.05) is 25.8 Å². The molecular weight excluding hydrogens is 242 g/mol. The second-order valence-corrected chi connectivity index (χ2v) is 5.37. The number of hydrogen-bond donors (Lipinski definition) is 1. The molecule has 0 aromatic carbocycles. The molecule has 0 atom stereocenters. The van der Waals surface area contributed by atoms with E-state index in [1.807, 2.05) is 0 Å². The highest BCUT2D eigenvalue weighted by Gasteiger charge is 2.01. The maximum atomic E-state index is 4.95. The van der Waals surface area contributed by atoms with Gasteiger partial charge in [0.1, 0.15) is 5.82 Å². The highest BCUT2D eigenvalue weighted by Crippen LogP contribution is 2.20. The molecule has 1 N–H and O–H groups in total. The number of aromatic nitrogens is 2. The van der Waals surface area contributed by atoms with E-state index in [0.717, 1.165) is 48.5 Å². The highest BCUT2D eigenvalue weighted by molar-refractivity contribution is 8.00. The molecule has 0 aliphatic carbocycles. The lowest BCUT2D eigenvalue weighted by atomic mass is 10.5. The SMILES string of the molecule is CCc1nsc(SCCCNCCOC)n1. The molecule has 0 unspecified atom stereocenters. The van der Waals surface area contributed by atoms with Crippen molar-refractivity contribution in [3.8, 4) is 0 Å². The van der Waals surface area contributed by atoms with Crippen molar-refractivity contribution in [2.45, 2.75) is 24.1 Å². The van der Waals surface area contributed by atoms with Crippen LogP contribution in [0.4, 0.5) is 0 Å². The summed E-state index contributed by atoms with van der Waals surface area (Å²) in [5.41, 5.74) is 0. The first-order valence-electron chi connectivity index (χ1n) is 5.52. The molecule has 0 aliphatic heterocycles. The Hall–Kier alpha value is -0.170. The molecule has 6 heteroatoms. The Labute approximate surface area is 105 Å². The zero-order chi connectivity index (χ0) is 11.6. The van der Waals surface area contributed by atoms with Crippen LogP contribution in [0, 0.1) is 0 Å². The van der Waals surface area contributed by atoms with Crippen molar-refractivity contribution in [3.05, 3.63) is 5.82 Å². The van der Waals surface area contributed by atoms with Gasteiger partial charge in [-0.3, -0.25) is 0 Å². The zero-order valence-corrected chi connectivity index (χ0v) is 11.5. The van der Waals surface area contributed by atoms with Crippen LogP contribution < -0.4 is 5.32 Å². The molecule has 1 heterocycles. The number of hydrogen-bond acceptors (Lipinski definition) is 6. The molecule has 1 aromatic heterocycles. The number of rotatable bonds is 9. The van der Waals surface area contributed by atoms with Gasteiger partial charge in [-0.15, -0.1) is 0 Å². The predicted octanol–water partition coefficient (Wildman–Crippen LogP) is 1.82. The van der Waals surface area contributed by atoms with Crippen molar-refractivity contribution in [3.63, 3.8) is 0 Å². The van der Waals surface area contributed by atoms with E-state index in [0.29, 0.717) is 0 Å². The Morgan fingerprint density at radius 3 is 3.00 bits per heavy atom. The Morgan fingerprint density at radius 2 is 2.31 bits per heavy atom. The quantitative estimate of drug-likeness (QED) is 0.543. The fourth-order valence-corrected chi connectivity index (χ4v) is 2.80. The monoisotopic (exact) mass is 261 g/mol. The Kier molecular flexibility index (Phi) is 7.75. The molecule has 0 radical (unpaired) electrons. The fraction of sp³-hybridized carbons (Fsp3) is 0.800. The first-order chi connectivity index (χ1) is 7.86. The molecule has 0 amide bonds. The number of methoxy groups -OCH3 is 1. The lowest BCUT2D eigenvalue weighted by molar-refractivity contribution is 0.199. The van der Waals surface area contributed by atoms with Crippen LogP contribution in [0.15, 0.2) is 4.34 Å². The summed E-state index contributed by atoms with van der Waals surface area (Å²) in [6, 6.07) is 0. The number of aryl methyl sites for hydroxylation is 1. The van der Waals surface area contributed by atoms with E-state index in [-0.39, 0.29) is 0 Å². The second kappa shape index (κ2) is 8.92. The number of nitrogens with zero attached hydrogens (tertiary/aromatic N) is 2. The van der Waals surface area contributed by atoms with Gasteiger partial charge in [0.05, 0.1) is 6.61 Å². The molecule has 0 fully saturated rings. The molecule has 0 aliphatic rings. The van der Waals surface area contributed by atoms with Gasteiger partial charge in [-0.25, -0.2) is 4.98 Å². The molecule has 0 spiro atoms. The van der Waals surface area contributed by atoms with Gasteiger partial charge in [0.15, 0.2) is 4.34 Å². The average molecular weight is 261 g/mol. The maximum Gasteiger partial charge on any atom is 0.170 e. The van der Waals surface area contributed by atoms with Crippen molar-refractivity contribution in [2.75, 3.05) is 32.6 Å². The van der Waals surface area contributed by atoms with Crippen LogP contribution in [0.2, 0.25) is 0 Å². The molecule has 0 saturated carbocycles. The number of nitrogens with one attached hydrogen (secondary N) is 1. The van der Waals surface area contributed by atoms with Crippen molar-refractivity contribution < 1.29 is 4.74 Å². The van der Waals surface area contributed by atoms with Crippen LogP contribution in [0.1, 0.15) is 19.2 Å². The van der Waals surface area contributed by atoms with E-state index < -0.39 is 0 Å². The highest BCUT2D eigenvalue weighted by atomic mass is 32.2. The normalized spacial score (nSPS) is 10.9. The van der Waals surface area contributed by atoms with Gasteiger partial charge < -0.3 is 10.1 Å². The van der Waals surface area contributed by atoms with Crippen LogP contribution in [0.3, 0.4) is 0 Å². The lowest BCUT2D eigenvalue weighted by Crippen LogP contribution is -2.20. The summed E-state index contributed by atoms with van der Waals surface area (Å²) in [7, 11) is 1.72.